The summed E-state index contributed by atoms with van der Waals surface area (Å²) in [7, 11) is -5.57. The Labute approximate surface area is 184 Å². The second kappa shape index (κ2) is 10.2. The maximum Gasteiger partial charge on any atom is 0.335 e. The molecule has 2 rings (SSSR count). The van der Waals surface area contributed by atoms with E-state index in [1.807, 2.05) is 0 Å². The minimum atomic E-state index is -2.88. The van der Waals surface area contributed by atoms with Gasteiger partial charge in [-0.1, -0.05) is 61.5 Å². The Kier molecular flexibility index (Phi) is 8.91. The average molecular weight is 463 g/mol. The van der Waals surface area contributed by atoms with Crippen molar-refractivity contribution < 1.29 is 32.7 Å². The topological polar surface area (TPSA) is 86.6 Å². The second-order valence-corrected chi connectivity index (χ2v) is 18.5. The van der Waals surface area contributed by atoms with Crippen molar-refractivity contribution >= 4 is 17.1 Å². The molecule has 0 bridgehead atoms. The zero-order valence-corrected chi connectivity index (χ0v) is 21.8. The third kappa shape index (κ3) is 4.79. The molecule has 0 aromatic rings. The first kappa shape index (κ1) is 26.1. The van der Waals surface area contributed by atoms with E-state index in [4.69, 9.17) is 22.4 Å². The average Bonchev–Trinajstić information content (AvgIpc) is 2.64. The maximum atomic E-state index is 11.0. The molecule has 0 saturated carbocycles. The molecule has 7 nitrogen and oxygen atoms in total. The number of aliphatic hydroxyl groups is 2. The zero-order valence-electron chi connectivity index (χ0n) is 19.8. The van der Waals surface area contributed by atoms with E-state index < -0.39 is 47.8 Å². The standard InChI is InChI=1S/C21H42O7Si2/c1-10-11-24-21-19(23)18(22)20-17(26-21)12-25-29(13(2)3,14(4)5)28-30(27-20,15(6)7)16(8)9/h10,13-23H,1,11-12H2,2-9H3/t17-,18-,19-,20-,21+/m1/s1. The fraction of sp³-hybridized carbons (Fsp3) is 0.905. The van der Waals surface area contributed by atoms with Crippen molar-refractivity contribution in [1.29, 1.82) is 0 Å². The van der Waals surface area contributed by atoms with Crippen molar-refractivity contribution in [3.05, 3.63) is 12.7 Å². The highest BCUT2D eigenvalue weighted by atomic mass is 28.5. The van der Waals surface area contributed by atoms with Crippen LogP contribution in [-0.4, -0.2) is 71.3 Å². The number of aliphatic hydroxyl groups excluding tert-OH is 2. The molecule has 0 aliphatic carbocycles. The first-order valence-corrected chi connectivity index (χ1v) is 15.1. The highest BCUT2D eigenvalue weighted by Crippen LogP contribution is 2.47. The van der Waals surface area contributed by atoms with Crippen LogP contribution in [0.2, 0.25) is 22.2 Å². The van der Waals surface area contributed by atoms with Crippen LogP contribution < -0.4 is 0 Å². The lowest BCUT2D eigenvalue weighted by Gasteiger charge is -2.54. The fourth-order valence-electron chi connectivity index (χ4n) is 4.62. The monoisotopic (exact) mass is 462 g/mol. The molecule has 5 atom stereocenters. The van der Waals surface area contributed by atoms with E-state index >= 15 is 0 Å². The molecule has 0 amide bonds. The van der Waals surface area contributed by atoms with Crippen molar-refractivity contribution in [2.75, 3.05) is 13.2 Å². The zero-order chi connectivity index (χ0) is 22.9. The number of rotatable bonds is 7. The van der Waals surface area contributed by atoms with Crippen LogP contribution in [-0.2, 0) is 22.4 Å². The van der Waals surface area contributed by atoms with Crippen LogP contribution in [0.5, 0.6) is 0 Å². The van der Waals surface area contributed by atoms with E-state index in [0.29, 0.717) is 0 Å². The highest BCUT2D eigenvalue weighted by molar-refractivity contribution is 6.83. The molecule has 2 saturated heterocycles. The number of hydrogen-bond donors (Lipinski definition) is 2. The van der Waals surface area contributed by atoms with E-state index in [2.05, 4.69) is 62.0 Å². The van der Waals surface area contributed by atoms with Gasteiger partial charge in [-0.2, -0.15) is 0 Å². The first-order chi connectivity index (χ1) is 13.9. The molecular weight excluding hydrogens is 420 g/mol. The Hall–Kier alpha value is -0.106. The van der Waals surface area contributed by atoms with Crippen molar-refractivity contribution in [3.63, 3.8) is 0 Å². The molecule has 2 fully saturated rings. The van der Waals surface area contributed by atoms with Crippen LogP contribution >= 0.6 is 0 Å². The summed E-state index contributed by atoms with van der Waals surface area (Å²) in [5.41, 5.74) is 0.689. The molecule has 0 radical (unpaired) electrons. The number of fused-ring (bicyclic) bond motifs is 1. The van der Waals surface area contributed by atoms with Gasteiger partial charge in [0.2, 0.25) is 0 Å². The molecule has 30 heavy (non-hydrogen) atoms. The van der Waals surface area contributed by atoms with Crippen LogP contribution in [0.15, 0.2) is 12.7 Å². The molecule has 0 spiro atoms. The van der Waals surface area contributed by atoms with Gasteiger partial charge in [-0.3, -0.25) is 0 Å². The summed E-state index contributed by atoms with van der Waals surface area (Å²) in [5, 5.41) is 21.6. The summed E-state index contributed by atoms with van der Waals surface area (Å²) < 4.78 is 32.1. The van der Waals surface area contributed by atoms with Crippen LogP contribution in [0.4, 0.5) is 0 Å². The molecule has 0 aromatic carbocycles. The molecule has 2 aliphatic heterocycles. The Morgan fingerprint density at radius 1 is 0.933 bits per heavy atom. The van der Waals surface area contributed by atoms with Gasteiger partial charge in [0.1, 0.15) is 24.4 Å². The lowest BCUT2D eigenvalue weighted by Crippen LogP contribution is -2.70. The number of ether oxygens (including phenoxy) is 2. The molecule has 0 aromatic heterocycles. The van der Waals surface area contributed by atoms with E-state index in [1.165, 1.54) is 0 Å². The van der Waals surface area contributed by atoms with Crippen molar-refractivity contribution in [1.82, 2.24) is 0 Å². The molecule has 2 aliphatic rings. The number of hydrogen-bond acceptors (Lipinski definition) is 7. The fourth-order valence-corrected chi connectivity index (χ4v) is 15.8. The minimum Gasteiger partial charge on any atom is -0.414 e. The molecule has 2 heterocycles. The van der Waals surface area contributed by atoms with Gasteiger partial charge in [0.15, 0.2) is 6.29 Å². The summed E-state index contributed by atoms with van der Waals surface area (Å²) in [4.78, 5) is 0. The Bertz CT molecular complexity index is 554. The predicted molar refractivity (Wildman–Crippen MR) is 121 cm³/mol. The smallest absolute Gasteiger partial charge is 0.335 e. The maximum absolute atomic E-state index is 11.0. The normalized spacial score (nSPS) is 34.1. The van der Waals surface area contributed by atoms with Gasteiger partial charge in [-0.15, -0.1) is 6.58 Å². The Morgan fingerprint density at radius 2 is 1.47 bits per heavy atom. The van der Waals surface area contributed by atoms with Crippen LogP contribution in [0.1, 0.15) is 55.4 Å². The van der Waals surface area contributed by atoms with Gasteiger partial charge in [0.05, 0.1) is 13.2 Å². The summed E-state index contributed by atoms with van der Waals surface area (Å²) in [5.74, 6) is 0. The quantitative estimate of drug-likeness (QED) is 0.442. The van der Waals surface area contributed by atoms with Gasteiger partial charge >= 0.3 is 17.1 Å². The van der Waals surface area contributed by atoms with Crippen LogP contribution in [0, 0.1) is 0 Å². The van der Waals surface area contributed by atoms with Crippen LogP contribution in [0.25, 0.3) is 0 Å². The van der Waals surface area contributed by atoms with Gasteiger partial charge in [-0.05, 0) is 22.2 Å². The van der Waals surface area contributed by atoms with Gasteiger partial charge in [-0.25, -0.2) is 0 Å². The van der Waals surface area contributed by atoms with E-state index in [-0.39, 0.29) is 35.4 Å². The molecule has 0 unspecified atom stereocenters. The van der Waals surface area contributed by atoms with Gasteiger partial charge in [0.25, 0.3) is 0 Å². The lowest BCUT2D eigenvalue weighted by molar-refractivity contribution is -0.298. The molecule has 176 valence electrons. The second-order valence-electron chi connectivity index (χ2n) is 9.70. The third-order valence-corrected chi connectivity index (χ3v) is 16.6. The van der Waals surface area contributed by atoms with Gasteiger partial charge < -0.3 is 32.7 Å². The van der Waals surface area contributed by atoms with Gasteiger partial charge in [0, 0.05) is 0 Å². The summed E-state index contributed by atoms with van der Waals surface area (Å²) >= 11 is 0. The lowest BCUT2D eigenvalue weighted by atomic mass is 9.99. The summed E-state index contributed by atoms with van der Waals surface area (Å²) in [6.07, 6.45) is -3.08. The Morgan fingerprint density at radius 3 is 1.93 bits per heavy atom. The molecular formula is C21H42O7Si2. The summed E-state index contributed by atoms with van der Waals surface area (Å²) in [6.45, 7) is 21.2. The van der Waals surface area contributed by atoms with E-state index in [9.17, 15) is 10.2 Å². The molecule has 9 heteroatoms. The van der Waals surface area contributed by atoms with Crippen molar-refractivity contribution in [3.8, 4) is 0 Å². The Balaban J connectivity index is 2.51. The SMILES string of the molecule is C=CCO[C@H]1O[C@@H]2CO[Si](C(C)C)(C(C)C)O[Si](C(C)C)(C(C)C)O[C@H]2[C@H](O)[C@H]1O. The highest BCUT2D eigenvalue weighted by Gasteiger charge is 2.61. The van der Waals surface area contributed by atoms with Crippen molar-refractivity contribution in [2.45, 2.75) is 108 Å². The first-order valence-electron chi connectivity index (χ1n) is 11.2. The third-order valence-electron chi connectivity index (χ3n) is 6.35. The van der Waals surface area contributed by atoms with Crippen molar-refractivity contribution in [2.24, 2.45) is 0 Å². The minimum absolute atomic E-state index is 0.128. The molecule has 2 N–H and O–H groups in total. The summed E-state index contributed by atoms with van der Waals surface area (Å²) in [6, 6.07) is 0. The largest absolute Gasteiger partial charge is 0.414 e. The van der Waals surface area contributed by atoms with E-state index in [0.717, 1.165) is 0 Å². The van der Waals surface area contributed by atoms with E-state index in [1.54, 1.807) is 6.08 Å². The predicted octanol–water partition coefficient (Wildman–Crippen LogP) is 3.59. The van der Waals surface area contributed by atoms with Crippen LogP contribution in [0.3, 0.4) is 0 Å².